The molecule has 0 aliphatic heterocycles. The van der Waals surface area contributed by atoms with Gasteiger partial charge in [-0.15, -0.1) is 0 Å². The first kappa shape index (κ1) is 22.1. The molecule has 0 fully saturated rings. The van der Waals surface area contributed by atoms with E-state index in [9.17, 15) is 13.2 Å². The minimum absolute atomic E-state index is 0.00730. The molecule has 0 bridgehead atoms. The summed E-state index contributed by atoms with van der Waals surface area (Å²) >= 11 is 0. The fourth-order valence-corrected chi connectivity index (χ4v) is 4.57. The quantitative estimate of drug-likeness (QED) is 0.561. The molecule has 1 atom stereocenters. The lowest BCUT2D eigenvalue weighted by Crippen LogP contribution is -2.38. The van der Waals surface area contributed by atoms with Crippen molar-refractivity contribution < 1.29 is 17.6 Å². The second-order valence-corrected chi connectivity index (χ2v) is 9.47. The topological polar surface area (TPSA) is 79.6 Å². The highest BCUT2D eigenvalue weighted by atomic mass is 32.2. The number of benzene rings is 2. The van der Waals surface area contributed by atoms with Gasteiger partial charge in [0.15, 0.2) is 15.6 Å². The number of carbonyl (C=O) groups is 1. The second-order valence-electron chi connectivity index (χ2n) is 7.33. The van der Waals surface area contributed by atoms with Gasteiger partial charge in [-0.2, -0.15) is 0 Å². The van der Waals surface area contributed by atoms with Crippen molar-refractivity contribution in [1.29, 1.82) is 0 Å². The Labute approximate surface area is 177 Å². The highest BCUT2D eigenvalue weighted by Gasteiger charge is 2.25. The van der Waals surface area contributed by atoms with Crippen molar-refractivity contribution in [1.82, 2.24) is 10.2 Å². The third-order valence-electron chi connectivity index (χ3n) is 5.20. The number of carbonyl (C=O) groups excluding carboxylic acids is 1. The van der Waals surface area contributed by atoms with E-state index in [-0.39, 0.29) is 17.6 Å². The Morgan fingerprint density at radius 1 is 1.03 bits per heavy atom. The molecular formula is C23H28N2O4S. The molecule has 1 N–H and O–H groups in total. The van der Waals surface area contributed by atoms with Crippen molar-refractivity contribution in [2.75, 3.05) is 25.9 Å². The number of hydrogen-bond acceptors (Lipinski definition) is 5. The van der Waals surface area contributed by atoms with Crippen molar-refractivity contribution in [3.8, 4) is 0 Å². The Balaban J connectivity index is 1.89. The van der Waals surface area contributed by atoms with E-state index < -0.39 is 15.7 Å². The van der Waals surface area contributed by atoms with Gasteiger partial charge in [0.25, 0.3) is 5.91 Å². The SMILES string of the molecule is CCN(CC)C(CNC(=O)c1oc2ccccc2c1CS(C)(=O)=O)c1ccccc1. The summed E-state index contributed by atoms with van der Waals surface area (Å²) in [5, 5.41) is 3.61. The summed E-state index contributed by atoms with van der Waals surface area (Å²) < 4.78 is 29.7. The fourth-order valence-electron chi connectivity index (χ4n) is 3.75. The molecule has 0 spiro atoms. The normalized spacial score (nSPS) is 12.9. The van der Waals surface area contributed by atoms with Gasteiger partial charge < -0.3 is 9.73 Å². The zero-order valence-corrected chi connectivity index (χ0v) is 18.4. The summed E-state index contributed by atoms with van der Waals surface area (Å²) in [6, 6.07) is 17.1. The van der Waals surface area contributed by atoms with Crippen molar-refractivity contribution >= 4 is 26.7 Å². The van der Waals surface area contributed by atoms with Gasteiger partial charge in [0.2, 0.25) is 0 Å². The van der Waals surface area contributed by atoms with Gasteiger partial charge in [-0.25, -0.2) is 8.42 Å². The number of likely N-dealkylation sites (N-methyl/N-ethyl adjacent to an activating group) is 1. The molecule has 3 aromatic rings. The van der Waals surface area contributed by atoms with Crippen LogP contribution in [0.3, 0.4) is 0 Å². The van der Waals surface area contributed by atoms with E-state index >= 15 is 0 Å². The van der Waals surface area contributed by atoms with Gasteiger partial charge in [0.05, 0.1) is 11.8 Å². The van der Waals surface area contributed by atoms with E-state index in [4.69, 9.17) is 4.42 Å². The Bertz CT molecular complexity index is 1100. The predicted octanol–water partition coefficient (Wildman–Crippen LogP) is 3.79. The van der Waals surface area contributed by atoms with Gasteiger partial charge in [0, 0.05) is 23.8 Å². The van der Waals surface area contributed by atoms with Crippen LogP contribution in [0.15, 0.2) is 59.0 Å². The largest absolute Gasteiger partial charge is 0.451 e. The molecule has 30 heavy (non-hydrogen) atoms. The first-order valence-electron chi connectivity index (χ1n) is 10.1. The summed E-state index contributed by atoms with van der Waals surface area (Å²) in [6.07, 6.45) is 1.16. The van der Waals surface area contributed by atoms with Crippen LogP contribution >= 0.6 is 0 Å². The minimum atomic E-state index is -3.34. The van der Waals surface area contributed by atoms with Crippen molar-refractivity contribution in [3.63, 3.8) is 0 Å². The van der Waals surface area contributed by atoms with Gasteiger partial charge in [0.1, 0.15) is 5.58 Å². The number of nitrogens with zero attached hydrogens (tertiary/aromatic N) is 1. The van der Waals surface area contributed by atoms with Crippen LogP contribution in [0.5, 0.6) is 0 Å². The van der Waals surface area contributed by atoms with E-state index in [1.54, 1.807) is 24.3 Å². The first-order valence-corrected chi connectivity index (χ1v) is 12.2. The lowest BCUT2D eigenvalue weighted by molar-refractivity contribution is 0.0908. The molecule has 3 rings (SSSR count). The summed E-state index contributed by atoms with van der Waals surface area (Å²) in [5.74, 6) is -0.587. The molecule has 7 heteroatoms. The van der Waals surface area contributed by atoms with Crippen molar-refractivity contribution in [2.24, 2.45) is 0 Å². The van der Waals surface area contributed by atoms with E-state index in [1.807, 2.05) is 30.3 Å². The third-order valence-corrected chi connectivity index (χ3v) is 6.02. The maximum Gasteiger partial charge on any atom is 0.287 e. The second kappa shape index (κ2) is 9.45. The molecule has 0 saturated heterocycles. The zero-order valence-electron chi connectivity index (χ0n) is 17.6. The first-order chi connectivity index (χ1) is 14.3. The number of nitrogens with one attached hydrogen (secondary N) is 1. The van der Waals surface area contributed by atoms with Crippen LogP contribution < -0.4 is 5.32 Å². The molecule has 0 aliphatic carbocycles. The zero-order chi connectivity index (χ0) is 21.7. The Morgan fingerprint density at radius 3 is 2.30 bits per heavy atom. The molecule has 2 aromatic carbocycles. The molecule has 0 aliphatic rings. The molecule has 1 amide bonds. The van der Waals surface area contributed by atoms with Crippen LogP contribution in [0.2, 0.25) is 0 Å². The molecule has 6 nitrogen and oxygen atoms in total. The number of para-hydroxylation sites is 1. The standard InChI is InChI=1S/C23H28N2O4S/c1-4-25(5-2)20(17-11-7-6-8-12-17)15-24-23(26)22-19(16-30(3,27)28)18-13-9-10-14-21(18)29-22/h6-14,20H,4-5,15-16H2,1-3H3,(H,24,26). The van der Waals surface area contributed by atoms with Gasteiger partial charge in [-0.05, 0) is 24.7 Å². The molecule has 0 saturated carbocycles. The van der Waals surface area contributed by atoms with Crippen molar-refractivity contribution in [3.05, 3.63) is 71.5 Å². The number of amides is 1. The van der Waals surface area contributed by atoms with E-state index in [2.05, 4.69) is 24.1 Å². The maximum atomic E-state index is 13.0. The maximum absolute atomic E-state index is 13.0. The fraction of sp³-hybridized carbons (Fsp3) is 0.348. The van der Waals surface area contributed by atoms with Gasteiger partial charge in [-0.1, -0.05) is 62.4 Å². The monoisotopic (exact) mass is 428 g/mol. The van der Waals surface area contributed by atoms with Crippen LogP contribution in [0, 0.1) is 0 Å². The molecule has 160 valence electrons. The molecular weight excluding hydrogens is 400 g/mol. The number of hydrogen-bond donors (Lipinski definition) is 1. The van der Waals surface area contributed by atoms with Gasteiger partial charge in [-0.3, -0.25) is 9.69 Å². The average Bonchev–Trinajstić information content (AvgIpc) is 3.08. The highest BCUT2D eigenvalue weighted by Crippen LogP contribution is 2.28. The number of sulfone groups is 1. The molecule has 1 heterocycles. The van der Waals surface area contributed by atoms with Crippen molar-refractivity contribution in [2.45, 2.75) is 25.6 Å². The van der Waals surface area contributed by atoms with E-state index in [0.717, 1.165) is 24.9 Å². The van der Waals surface area contributed by atoms with Crippen LogP contribution in [-0.4, -0.2) is 45.1 Å². The predicted molar refractivity (Wildman–Crippen MR) is 119 cm³/mol. The van der Waals surface area contributed by atoms with E-state index in [0.29, 0.717) is 23.1 Å². The number of fused-ring (bicyclic) bond motifs is 1. The summed E-state index contributed by atoms with van der Waals surface area (Å²) in [4.78, 5) is 15.3. The lowest BCUT2D eigenvalue weighted by atomic mass is 10.0. The van der Waals surface area contributed by atoms with Crippen LogP contribution in [0.1, 0.15) is 41.6 Å². The summed E-state index contributed by atoms with van der Waals surface area (Å²) in [5.41, 5.74) is 2.02. The molecule has 0 radical (unpaired) electrons. The molecule has 1 aromatic heterocycles. The summed E-state index contributed by atoms with van der Waals surface area (Å²) in [6.45, 7) is 6.25. The van der Waals surface area contributed by atoms with Gasteiger partial charge >= 0.3 is 0 Å². The lowest BCUT2D eigenvalue weighted by Gasteiger charge is -2.30. The highest BCUT2D eigenvalue weighted by molar-refractivity contribution is 7.89. The number of rotatable bonds is 9. The Kier molecular flexibility index (Phi) is 6.95. The third kappa shape index (κ3) is 5.09. The van der Waals surface area contributed by atoms with E-state index in [1.165, 1.54) is 0 Å². The van der Waals surface area contributed by atoms with Crippen LogP contribution in [0.4, 0.5) is 0 Å². The molecule has 1 unspecified atom stereocenters. The minimum Gasteiger partial charge on any atom is -0.451 e. The number of furan rings is 1. The average molecular weight is 429 g/mol. The Hall–Kier alpha value is -2.64. The Morgan fingerprint density at radius 2 is 1.67 bits per heavy atom. The smallest absolute Gasteiger partial charge is 0.287 e. The summed E-state index contributed by atoms with van der Waals surface area (Å²) in [7, 11) is -3.34. The van der Waals surface area contributed by atoms with Crippen LogP contribution in [-0.2, 0) is 15.6 Å². The van der Waals surface area contributed by atoms with Crippen LogP contribution in [0.25, 0.3) is 11.0 Å².